The normalized spacial score (nSPS) is 19.9. The highest BCUT2D eigenvalue weighted by molar-refractivity contribution is 7.91. The van der Waals surface area contributed by atoms with E-state index in [1.807, 2.05) is 0 Å². The van der Waals surface area contributed by atoms with Gasteiger partial charge in [-0.2, -0.15) is 0 Å². The molecule has 7 heteroatoms. The van der Waals surface area contributed by atoms with Gasteiger partial charge in [-0.1, -0.05) is 11.8 Å². The van der Waals surface area contributed by atoms with E-state index in [1.165, 1.54) is 6.20 Å². The van der Waals surface area contributed by atoms with Gasteiger partial charge in [-0.05, 0) is 18.6 Å². The molecule has 1 fully saturated rings. The van der Waals surface area contributed by atoms with Crippen LogP contribution in [0.4, 0.5) is 5.82 Å². The van der Waals surface area contributed by atoms with Gasteiger partial charge >= 0.3 is 0 Å². The highest BCUT2D eigenvalue weighted by atomic mass is 32.2. The molecule has 1 amide bonds. The van der Waals surface area contributed by atoms with Crippen molar-refractivity contribution in [3.8, 4) is 11.8 Å². The Hall–Kier alpha value is -1.91. The molecule has 1 aliphatic rings. The van der Waals surface area contributed by atoms with Crippen molar-refractivity contribution in [3.63, 3.8) is 0 Å². The molecule has 3 N–H and O–H groups in total. The lowest BCUT2D eigenvalue weighted by atomic mass is 10.1. The Balaban J connectivity index is 2.05. The summed E-state index contributed by atoms with van der Waals surface area (Å²) in [6.45, 7) is 0.254. The van der Waals surface area contributed by atoms with Crippen LogP contribution in [-0.4, -0.2) is 37.4 Å². The van der Waals surface area contributed by atoms with Gasteiger partial charge in [-0.25, -0.2) is 13.4 Å². The third-order valence-corrected chi connectivity index (χ3v) is 4.72. The van der Waals surface area contributed by atoms with Gasteiger partial charge in [0.2, 0.25) is 5.91 Å². The zero-order valence-electron chi connectivity index (χ0n) is 10.8. The lowest BCUT2D eigenvalue weighted by molar-refractivity contribution is -0.119. The molecule has 1 aromatic heterocycles. The molecule has 0 bridgehead atoms. The zero-order chi connectivity index (χ0) is 14.6. The van der Waals surface area contributed by atoms with E-state index in [-0.39, 0.29) is 24.0 Å². The van der Waals surface area contributed by atoms with Crippen LogP contribution in [0.25, 0.3) is 0 Å². The maximum absolute atomic E-state index is 12.0. The van der Waals surface area contributed by atoms with Gasteiger partial charge in [0, 0.05) is 11.8 Å². The number of amides is 1. The second kappa shape index (κ2) is 6.03. The van der Waals surface area contributed by atoms with Gasteiger partial charge in [0.1, 0.15) is 5.82 Å². The van der Waals surface area contributed by atoms with Crippen molar-refractivity contribution in [2.45, 2.75) is 6.42 Å². The third kappa shape index (κ3) is 3.79. The van der Waals surface area contributed by atoms with Crippen LogP contribution in [0.3, 0.4) is 0 Å². The van der Waals surface area contributed by atoms with E-state index in [0.29, 0.717) is 17.8 Å². The predicted molar refractivity (Wildman–Crippen MR) is 75.6 cm³/mol. The van der Waals surface area contributed by atoms with E-state index in [0.717, 1.165) is 0 Å². The number of sulfone groups is 1. The number of carbonyl (C=O) groups excluding carboxylic acids is 1. The van der Waals surface area contributed by atoms with Crippen LogP contribution in [0.2, 0.25) is 0 Å². The third-order valence-electron chi connectivity index (χ3n) is 2.95. The van der Waals surface area contributed by atoms with Crippen molar-refractivity contribution >= 4 is 21.6 Å². The maximum Gasteiger partial charge on any atom is 0.229 e. The minimum Gasteiger partial charge on any atom is -0.320 e. The molecule has 1 atom stereocenters. The number of rotatable bonds is 2. The summed E-state index contributed by atoms with van der Waals surface area (Å²) in [5, 5.41) is 2.62. The number of hydrogen-bond donors (Lipinski definition) is 2. The summed E-state index contributed by atoms with van der Waals surface area (Å²) in [5.41, 5.74) is 5.98. The molecule has 2 heterocycles. The molecule has 2 rings (SSSR count). The quantitative estimate of drug-likeness (QED) is 0.733. The van der Waals surface area contributed by atoms with Crippen LogP contribution >= 0.6 is 0 Å². The van der Waals surface area contributed by atoms with Crippen molar-refractivity contribution < 1.29 is 13.2 Å². The molecule has 0 aromatic carbocycles. The molecule has 1 aliphatic heterocycles. The van der Waals surface area contributed by atoms with Crippen LogP contribution in [-0.2, 0) is 14.6 Å². The fourth-order valence-electron chi connectivity index (χ4n) is 1.96. The topological polar surface area (TPSA) is 102 Å². The molecule has 0 aliphatic carbocycles. The standard InChI is InChI=1S/C13H15N3O3S/c14-5-1-2-10-3-6-15-12(8-10)16-13(17)11-4-7-20(18,19)9-11/h3,6,8,11H,4-5,7,9,14H2,(H,15,16,17). The van der Waals surface area contributed by atoms with E-state index in [9.17, 15) is 13.2 Å². The van der Waals surface area contributed by atoms with Crippen LogP contribution in [0.15, 0.2) is 18.3 Å². The molecule has 1 unspecified atom stereocenters. The van der Waals surface area contributed by atoms with Gasteiger partial charge in [0.05, 0.1) is 24.0 Å². The van der Waals surface area contributed by atoms with Gasteiger partial charge in [-0.15, -0.1) is 0 Å². The Kier molecular flexibility index (Phi) is 4.37. The molecule has 1 saturated heterocycles. The Morgan fingerprint density at radius 2 is 2.35 bits per heavy atom. The number of anilines is 1. The largest absolute Gasteiger partial charge is 0.320 e. The van der Waals surface area contributed by atoms with Gasteiger partial charge < -0.3 is 11.1 Å². The van der Waals surface area contributed by atoms with Crippen molar-refractivity contribution in [1.29, 1.82) is 0 Å². The fourth-order valence-corrected chi connectivity index (χ4v) is 3.70. The van der Waals surface area contributed by atoms with Crippen LogP contribution in [0.1, 0.15) is 12.0 Å². The number of nitrogens with one attached hydrogen (secondary N) is 1. The van der Waals surface area contributed by atoms with Gasteiger partial charge in [0.15, 0.2) is 9.84 Å². The Morgan fingerprint density at radius 1 is 1.55 bits per heavy atom. The predicted octanol–water partition coefficient (Wildman–Crippen LogP) is -0.235. The number of nitrogens with zero attached hydrogens (tertiary/aromatic N) is 1. The molecular weight excluding hydrogens is 278 g/mol. The average molecular weight is 293 g/mol. The summed E-state index contributed by atoms with van der Waals surface area (Å²) in [6.07, 6.45) is 1.89. The summed E-state index contributed by atoms with van der Waals surface area (Å²) in [5.74, 6) is 5.07. The minimum atomic E-state index is -3.07. The first kappa shape index (κ1) is 14.5. The number of pyridine rings is 1. The first-order valence-electron chi connectivity index (χ1n) is 6.16. The average Bonchev–Trinajstić information content (AvgIpc) is 2.77. The lowest BCUT2D eigenvalue weighted by Gasteiger charge is -2.08. The Morgan fingerprint density at radius 3 is 3.00 bits per heavy atom. The van der Waals surface area contributed by atoms with E-state index in [1.54, 1.807) is 12.1 Å². The van der Waals surface area contributed by atoms with E-state index < -0.39 is 15.8 Å². The summed E-state index contributed by atoms with van der Waals surface area (Å²) >= 11 is 0. The van der Waals surface area contributed by atoms with Crippen molar-refractivity contribution in [2.24, 2.45) is 11.7 Å². The second-order valence-corrected chi connectivity index (χ2v) is 6.75. The van der Waals surface area contributed by atoms with Crippen molar-refractivity contribution in [2.75, 3.05) is 23.4 Å². The van der Waals surface area contributed by atoms with Crippen molar-refractivity contribution in [3.05, 3.63) is 23.9 Å². The fraction of sp³-hybridized carbons (Fsp3) is 0.385. The smallest absolute Gasteiger partial charge is 0.229 e. The molecule has 0 saturated carbocycles. The number of aromatic nitrogens is 1. The van der Waals surface area contributed by atoms with Crippen LogP contribution in [0.5, 0.6) is 0 Å². The summed E-state index contributed by atoms with van der Waals surface area (Å²) in [6, 6.07) is 3.34. The molecule has 0 radical (unpaired) electrons. The monoisotopic (exact) mass is 293 g/mol. The summed E-state index contributed by atoms with van der Waals surface area (Å²) in [4.78, 5) is 16.0. The second-order valence-electron chi connectivity index (χ2n) is 4.52. The maximum atomic E-state index is 12.0. The summed E-state index contributed by atoms with van der Waals surface area (Å²) in [7, 11) is -3.07. The highest BCUT2D eigenvalue weighted by Crippen LogP contribution is 2.20. The molecule has 0 spiro atoms. The first-order chi connectivity index (χ1) is 9.50. The molecular formula is C13H15N3O3S. The molecule has 1 aromatic rings. The Bertz CT molecular complexity index is 674. The number of nitrogens with two attached hydrogens (primary N) is 1. The van der Waals surface area contributed by atoms with E-state index in [2.05, 4.69) is 22.1 Å². The lowest BCUT2D eigenvalue weighted by Crippen LogP contribution is -2.24. The number of carbonyl (C=O) groups is 1. The highest BCUT2D eigenvalue weighted by Gasteiger charge is 2.33. The van der Waals surface area contributed by atoms with E-state index in [4.69, 9.17) is 5.73 Å². The first-order valence-corrected chi connectivity index (χ1v) is 7.98. The molecule has 20 heavy (non-hydrogen) atoms. The zero-order valence-corrected chi connectivity index (χ0v) is 11.6. The van der Waals surface area contributed by atoms with Crippen molar-refractivity contribution in [1.82, 2.24) is 4.98 Å². The molecule has 106 valence electrons. The minimum absolute atomic E-state index is 0.0700. The van der Waals surface area contributed by atoms with E-state index >= 15 is 0 Å². The number of hydrogen-bond acceptors (Lipinski definition) is 5. The van der Waals surface area contributed by atoms with Gasteiger partial charge in [0.25, 0.3) is 0 Å². The summed E-state index contributed by atoms with van der Waals surface area (Å²) < 4.78 is 22.7. The SMILES string of the molecule is NCC#Cc1ccnc(NC(=O)C2CCS(=O)(=O)C2)c1. The van der Waals surface area contributed by atoms with Crippen LogP contribution in [0, 0.1) is 17.8 Å². The van der Waals surface area contributed by atoms with Crippen LogP contribution < -0.4 is 11.1 Å². The van der Waals surface area contributed by atoms with Gasteiger partial charge in [-0.3, -0.25) is 4.79 Å². The Labute approximate surface area is 117 Å². The molecule has 6 nitrogen and oxygen atoms in total.